The zero-order chi connectivity index (χ0) is 16.5. The lowest BCUT2D eigenvalue weighted by molar-refractivity contribution is 0.590. The van der Waals surface area contributed by atoms with Crippen LogP contribution in [0.1, 0.15) is 5.56 Å². The summed E-state index contributed by atoms with van der Waals surface area (Å²) in [6.07, 6.45) is 3.42. The molecule has 0 saturated carbocycles. The largest absolute Gasteiger partial charge is 0.435 e. The van der Waals surface area contributed by atoms with Crippen LogP contribution in [-0.4, -0.2) is 9.97 Å². The first-order valence-corrected chi connectivity index (χ1v) is 8.31. The number of hydrogen-bond acceptors (Lipinski definition) is 4. The highest BCUT2D eigenvalue weighted by Crippen LogP contribution is 2.37. The molecular formula is C19H13FN2OS. The molecule has 1 aromatic carbocycles. The van der Waals surface area contributed by atoms with Crippen molar-refractivity contribution in [3.63, 3.8) is 0 Å². The Morgan fingerprint density at radius 2 is 1.75 bits per heavy atom. The summed E-state index contributed by atoms with van der Waals surface area (Å²) < 4.78 is 19.3. The summed E-state index contributed by atoms with van der Waals surface area (Å²) >= 11 is 1.59. The van der Waals surface area contributed by atoms with E-state index in [1.165, 1.54) is 17.7 Å². The van der Waals surface area contributed by atoms with Crippen molar-refractivity contribution in [3.05, 3.63) is 71.6 Å². The molecule has 5 heteroatoms. The second kappa shape index (κ2) is 6.02. The van der Waals surface area contributed by atoms with Crippen molar-refractivity contribution in [1.82, 2.24) is 9.97 Å². The van der Waals surface area contributed by atoms with E-state index in [-0.39, 0.29) is 5.82 Å². The Morgan fingerprint density at radius 3 is 2.42 bits per heavy atom. The molecule has 24 heavy (non-hydrogen) atoms. The predicted molar refractivity (Wildman–Crippen MR) is 93.2 cm³/mol. The number of oxazole rings is 1. The molecule has 0 aliphatic rings. The van der Waals surface area contributed by atoms with Crippen LogP contribution in [0.5, 0.6) is 0 Å². The van der Waals surface area contributed by atoms with Crippen LogP contribution >= 0.6 is 11.3 Å². The summed E-state index contributed by atoms with van der Waals surface area (Å²) in [5, 5.41) is 2.06. The van der Waals surface area contributed by atoms with Gasteiger partial charge < -0.3 is 4.42 Å². The molecule has 3 heterocycles. The minimum atomic E-state index is -0.276. The normalized spacial score (nSPS) is 10.9. The molecule has 3 nitrogen and oxygen atoms in total. The Hall–Kier alpha value is -2.79. The van der Waals surface area contributed by atoms with Crippen molar-refractivity contribution in [2.45, 2.75) is 6.92 Å². The van der Waals surface area contributed by atoms with Gasteiger partial charge in [0.25, 0.3) is 0 Å². The Morgan fingerprint density at radius 1 is 1.00 bits per heavy atom. The Bertz CT molecular complexity index is 974. The third-order valence-electron chi connectivity index (χ3n) is 3.63. The summed E-state index contributed by atoms with van der Waals surface area (Å²) in [6, 6.07) is 12.1. The number of halogens is 1. The van der Waals surface area contributed by atoms with Crippen molar-refractivity contribution in [3.8, 4) is 33.3 Å². The Balaban J connectivity index is 1.90. The molecule has 4 rings (SSSR count). The molecule has 4 aromatic rings. The average Bonchev–Trinajstić information content (AvgIpc) is 3.23. The number of hydrogen-bond donors (Lipinski definition) is 0. The Labute approximate surface area is 142 Å². The van der Waals surface area contributed by atoms with E-state index in [1.807, 2.05) is 25.1 Å². The lowest BCUT2D eigenvalue weighted by Gasteiger charge is -2.01. The lowest BCUT2D eigenvalue weighted by atomic mass is 10.1. The van der Waals surface area contributed by atoms with Crippen molar-refractivity contribution < 1.29 is 8.81 Å². The van der Waals surface area contributed by atoms with E-state index in [9.17, 15) is 4.39 Å². The summed E-state index contributed by atoms with van der Waals surface area (Å²) in [6.45, 7) is 2.04. The van der Waals surface area contributed by atoms with Gasteiger partial charge in [-0.05, 0) is 60.3 Å². The van der Waals surface area contributed by atoms with Crippen molar-refractivity contribution in [2.75, 3.05) is 0 Å². The molecule has 0 aliphatic carbocycles. The second-order valence-corrected chi connectivity index (χ2v) is 6.34. The van der Waals surface area contributed by atoms with Crippen LogP contribution in [0, 0.1) is 12.7 Å². The summed E-state index contributed by atoms with van der Waals surface area (Å²) in [5.41, 5.74) is 3.56. The van der Waals surface area contributed by atoms with Gasteiger partial charge in [-0.2, -0.15) is 0 Å². The van der Waals surface area contributed by atoms with Crippen LogP contribution in [0.3, 0.4) is 0 Å². The lowest BCUT2D eigenvalue weighted by Crippen LogP contribution is -1.84. The van der Waals surface area contributed by atoms with Gasteiger partial charge in [-0.15, -0.1) is 11.3 Å². The third kappa shape index (κ3) is 2.74. The molecule has 118 valence electrons. The molecule has 0 bridgehead atoms. The van der Waals surface area contributed by atoms with E-state index in [1.54, 1.807) is 35.9 Å². The number of aryl methyl sites for hydroxylation is 1. The van der Waals surface area contributed by atoms with Crippen molar-refractivity contribution >= 4 is 11.3 Å². The maximum absolute atomic E-state index is 13.2. The number of nitrogens with zero attached hydrogens (tertiary/aromatic N) is 2. The van der Waals surface area contributed by atoms with Crippen LogP contribution < -0.4 is 0 Å². The van der Waals surface area contributed by atoms with Gasteiger partial charge >= 0.3 is 0 Å². The number of pyridine rings is 1. The summed E-state index contributed by atoms with van der Waals surface area (Å²) in [7, 11) is 0. The SMILES string of the molecule is Cc1csc(-c2nc(-c3ccc(F)cc3)c(-c3ccncc3)o2)c1. The zero-order valence-corrected chi connectivity index (χ0v) is 13.7. The van der Waals surface area contributed by atoms with Gasteiger partial charge in [0.1, 0.15) is 11.5 Å². The minimum absolute atomic E-state index is 0.276. The molecule has 0 saturated heterocycles. The average molecular weight is 336 g/mol. The quantitative estimate of drug-likeness (QED) is 0.490. The van der Waals surface area contributed by atoms with Crippen LogP contribution in [0.4, 0.5) is 4.39 Å². The van der Waals surface area contributed by atoms with Gasteiger partial charge in [-0.3, -0.25) is 4.98 Å². The van der Waals surface area contributed by atoms with E-state index in [4.69, 9.17) is 4.42 Å². The first-order chi connectivity index (χ1) is 11.7. The van der Waals surface area contributed by atoms with Gasteiger partial charge in [-0.1, -0.05) is 0 Å². The van der Waals surface area contributed by atoms with E-state index in [0.29, 0.717) is 17.3 Å². The molecule has 0 amide bonds. The van der Waals surface area contributed by atoms with Crippen LogP contribution in [0.25, 0.3) is 33.3 Å². The summed E-state index contributed by atoms with van der Waals surface area (Å²) in [5.74, 6) is 0.950. The second-order valence-electron chi connectivity index (χ2n) is 5.43. The Kier molecular flexibility index (Phi) is 3.70. The first-order valence-electron chi connectivity index (χ1n) is 7.43. The van der Waals surface area contributed by atoms with Crippen molar-refractivity contribution in [1.29, 1.82) is 0 Å². The van der Waals surface area contributed by atoms with Gasteiger partial charge in [0, 0.05) is 23.5 Å². The van der Waals surface area contributed by atoms with E-state index in [2.05, 4.69) is 15.3 Å². The molecule has 0 spiro atoms. The molecule has 0 unspecified atom stereocenters. The van der Waals surface area contributed by atoms with Gasteiger partial charge in [0.15, 0.2) is 5.76 Å². The minimum Gasteiger partial charge on any atom is -0.435 e. The van der Waals surface area contributed by atoms with Gasteiger partial charge in [0.05, 0.1) is 4.88 Å². The van der Waals surface area contributed by atoms with E-state index >= 15 is 0 Å². The third-order valence-corrected chi connectivity index (χ3v) is 4.66. The fourth-order valence-corrected chi connectivity index (χ4v) is 3.29. The predicted octanol–water partition coefficient (Wildman–Crippen LogP) is 5.58. The molecule has 0 N–H and O–H groups in total. The highest BCUT2D eigenvalue weighted by molar-refractivity contribution is 7.13. The number of thiophene rings is 1. The van der Waals surface area contributed by atoms with Crippen LogP contribution in [0.15, 0.2) is 64.7 Å². The number of rotatable bonds is 3. The monoisotopic (exact) mass is 336 g/mol. The van der Waals surface area contributed by atoms with Crippen molar-refractivity contribution in [2.24, 2.45) is 0 Å². The summed E-state index contributed by atoms with van der Waals surface area (Å²) in [4.78, 5) is 9.68. The molecule has 0 atom stereocenters. The van der Waals surface area contributed by atoms with E-state index < -0.39 is 0 Å². The fraction of sp³-hybridized carbons (Fsp3) is 0.0526. The number of aromatic nitrogens is 2. The molecule has 0 fully saturated rings. The maximum Gasteiger partial charge on any atom is 0.237 e. The standard InChI is InChI=1S/C19H13FN2OS/c1-12-10-16(24-11-12)19-22-17(13-2-4-15(20)5-3-13)18(23-19)14-6-8-21-9-7-14/h2-11H,1H3. The zero-order valence-electron chi connectivity index (χ0n) is 12.9. The molecular weight excluding hydrogens is 323 g/mol. The maximum atomic E-state index is 13.2. The number of benzene rings is 1. The first kappa shape index (κ1) is 14.8. The van der Waals surface area contributed by atoms with Crippen LogP contribution in [-0.2, 0) is 0 Å². The van der Waals surface area contributed by atoms with Gasteiger partial charge in [-0.25, -0.2) is 9.37 Å². The fourth-order valence-electron chi connectivity index (χ4n) is 2.47. The van der Waals surface area contributed by atoms with Crippen LogP contribution in [0.2, 0.25) is 0 Å². The van der Waals surface area contributed by atoms with E-state index in [0.717, 1.165) is 16.0 Å². The smallest absolute Gasteiger partial charge is 0.237 e. The molecule has 0 aliphatic heterocycles. The topological polar surface area (TPSA) is 38.9 Å². The highest BCUT2D eigenvalue weighted by Gasteiger charge is 2.18. The molecule has 3 aromatic heterocycles. The highest BCUT2D eigenvalue weighted by atomic mass is 32.1. The van der Waals surface area contributed by atoms with Gasteiger partial charge in [0.2, 0.25) is 5.89 Å². The molecule has 0 radical (unpaired) electrons.